The van der Waals surface area contributed by atoms with Crippen molar-refractivity contribution in [1.82, 2.24) is 10.2 Å². The average molecular weight is 443 g/mol. The standard InChI is InChI=1S/C28H30N2O3/c1-33-26-14-12-23(13-15-26)28(32)30-19-24(22-10-6-3-7-11-22)18-25(20-30)27(31)29-17-16-21-8-4-2-5-9-21/h2-15,24-25H,16-20H2,1H3,(H,29,31)/t24-,25+/m0/s1. The van der Waals surface area contributed by atoms with E-state index in [0.717, 1.165) is 18.4 Å². The number of benzene rings is 3. The molecule has 1 aliphatic rings. The first-order valence-electron chi connectivity index (χ1n) is 11.4. The summed E-state index contributed by atoms with van der Waals surface area (Å²) in [7, 11) is 1.60. The first-order chi connectivity index (χ1) is 16.1. The Hall–Kier alpha value is -3.60. The van der Waals surface area contributed by atoms with Gasteiger partial charge in [-0.15, -0.1) is 0 Å². The topological polar surface area (TPSA) is 58.6 Å². The van der Waals surface area contributed by atoms with Crippen LogP contribution in [-0.2, 0) is 11.2 Å². The number of hydrogen-bond donors (Lipinski definition) is 1. The third-order valence-corrected chi connectivity index (χ3v) is 6.27. The number of ether oxygens (including phenoxy) is 1. The first kappa shape index (κ1) is 22.6. The van der Waals surface area contributed by atoms with Crippen LogP contribution in [0.3, 0.4) is 0 Å². The highest BCUT2D eigenvalue weighted by Crippen LogP contribution is 2.31. The fraction of sp³-hybridized carbons (Fsp3) is 0.286. The van der Waals surface area contributed by atoms with Crippen molar-refractivity contribution in [3.05, 3.63) is 102 Å². The molecule has 170 valence electrons. The summed E-state index contributed by atoms with van der Waals surface area (Å²) < 4.78 is 5.21. The number of piperidine rings is 1. The highest BCUT2D eigenvalue weighted by atomic mass is 16.5. The van der Waals surface area contributed by atoms with E-state index in [2.05, 4.69) is 29.6 Å². The molecule has 4 rings (SSSR count). The highest BCUT2D eigenvalue weighted by molar-refractivity contribution is 5.95. The van der Waals surface area contributed by atoms with Gasteiger partial charge >= 0.3 is 0 Å². The van der Waals surface area contributed by atoms with E-state index >= 15 is 0 Å². The molecule has 0 unspecified atom stereocenters. The van der Waals surface area contributed by atoms with Crippen LogP contribution in [0.1, 0.15) is 33.8 Å². The van der Waals surface area contributed by atoms with Gasteiger partial charge in [0.1, 0.15) is 5.75 Å². The van der Waals surface area contributed by atoms with Crippen molar-refractivity contribution >= 4 is 11.8 Å². The maximum Gasteiger partial charge on any atom is 0.253 e. The van der Waals surface area contributed by atoms with E-state index in [0.29, 0.717) is 30.9 Å². The summed E-state index contributed by atoms with van der Waals surface area (Å²) in [6.45, 7) is 1.61. The third-order valence-electron chi connectivity index (χ3n) is 6.27. The Kier molecular flexibility index (Phi) is 7.40. The van der Waals surface area contributed by atoms with Gasteiger partial charge in [0.25, 0.3) is 5.91 Å². The molecule has 0 spiro atoms. The predicted octanol–water partition coefficient (Wildman–Crippen LogP) is 4.30. The number of carbonyl (C=O) groups excluding carboxylic acids is 2. The SMILES string of the molecule is COc1ccc(C(=O)N2C[C@H](C(=O)NCCc3ccccc3)C[C@H](c3ccccc3)C2)cc1. The van der Waals surface area contributed by atoms with Crippen LogP contribution in [0.2, 0.25) is 0 Å². The monoisotopic (exact) mass is 442 g/mol. The maximum atomic E-state index is 13.3. The molecule has 33 heavy (non-hydrogen) atoms. The van der Waals surface area contributed by atoms with Gasteiger partial charge in [0.15, 0.2) is 0 Å². The minimum absolute atomic E-state index is 0.0130. The molecule has 1 fully saturated rings. The zero-order chi connectivity index (χ0) is 23.0. The molecule has 5 heteroatoms. The Morgan fingerprint density at radius 3 is 2.24 bits per heavy atom. The van der Waals surface area contributed by atoms with Crippen molar-refractivity contribution in [2.24, 2.45) is 5.92 Å². The second-order valence-corrected chi connectivity index (χ2v) is 8.51. The first-order valence-corrected chi connectivity index (χ1v) is 11.4. The Balaban J connectivity index is 1.47. The Morgan fingerprint density at radius 2 is 1.58 bits per heavy atom. The second kappa shape index (κ2) is 10.8. The molecular formula is C28H30N2O3. The summed E-state index contributed by atoms with van der Waals surface area (Å²) in [5.74, 6) is 0.538. The minimum atomic E-state index is -0.248. The molecule has 1 aliphatic heterocycles. The fourth-order valence-corrected chi connectivity index (χ4v) is 4.46. The van der Waals surface area contributed by atoms with Crippen LogP contribution in [0.15, 0.2) is 84.9 Å². The molecule has 0 aliphatic carbocycles. The number of likely N-dealkylation sites (tertiary alicyclic amines) is 1. The van der Waals surface area contributed by atoms with Crippen molar-refractivity contribution in [2.75, 3.05) is 26.7 Å². The van der Waals surface area contributed by atoms with E-state index < -0.39 is 0 Å². The zero-order valence-corrected chi connectivity index (χ0v) is 18.9. The number of rotatable bonds is 7. The summed E-state index contributed by atoms with van der Waals surface area (Å²) in [4.78, 5) is 28.2. The van der Waals surface area contributed by atoms with Gasteiger partial charge in [-0.3, -0.25) is 9.59 Å². The number of nitrogens with one attached hydrogen (secondary N) is 1. The average Bonchev–Trinajstić information content (AvgIpc) is 2.89. The van der Waals surface area contributed by atoms with E-state index in [1.807, 2.05) is 41.3 Å². The van der Waals surface area contributed by atoms with E-state index in [1.165, 1.54) is 5.56 Å². The molecule has 0 saturated carbocycles. The smallest absolute Gasteiger partial charge is 0.253 e. The number of carbonyl (C=O) groups is 2. The van der Waals surface area contributed by atoms with E-state index in [-0.39, 0.29) is 23.7 Å². The van der Waals surface area contributed by atoms with Crippen molar-refractivity contribution in [2.45, 2.75) is 18.8 Å². The predicted molar refractivity (Wildman–Crippen MR) is 129 cm³/mol. The lowest BCUT2D eigenvalue weighted by Gasteiger charge is -2.37. The van der Waals surface area contributed by atoms with Crippen molar-refractivity contribution in [3.63, 3.8) is 0 Å². The molecular weight excluding hydrogens is 412 g/mol. The summed E-state index contributed by atoms with van der Waals surface area (Å²) in [5, 5.41) is 3.09. The summed E-state index contributed by atoms with van der Waals surface area (Å²) in [6.07, 6.45) is 1.52. The molecule has 2 atom stereocenters. The van der Waals surface area contributed by atoms with E-state index in [9.17, 15) is 9.59 Å². The van der Waals surface area contributed by atoms with Gasteiger partial charge < -0.3 is 15.0 Å². The lowest BCUT2D eigenvalue weighted by Crippen LogP contribution is -2.48. The molecule has 3 aromatic rings. The summed E-state index contributed by atoms with van der Waals surface area (Å²) >= 11 is 0. The van der Waals surface area contributed by atoms with Crippen molar-refractivity contribution in [1.29, 1.82) is 0 Å². The number of hydrogen-bond acceptors (Lipinski definition) is 3. The zero-order valence-electron chi connectivity index (χ0n) is 18.9. The molecule has 0 aromatic heterocycles. The van der Waals surface area contributed by atoms with Crippen molar-refractivity contribution < 1.29 is 14.3 Å². The lowest BCUT2D eigenvalue weighted by molar-refractivity contribution is -0.126. The van der Waals surface area contributed by atoms with Crippen LogP contribution in [0.25, 0.3) is 0 Å². The van der Waals surface area contributed by atoms with Crippen LogP contribution in [0, 0.1) is 5.92 Å². The number of amides is 2. The molecule has 1 heterocycles. The summed E-state index contributed by atoms with van der Waals surface area (Å²) in [5.41, 5.74) is 2.96. The van der Waals surface area contributed by atoms with Crippen LogP contribution < -0.4 is 10.1 Å². The fourth-order valence-electron chi connectivity index (χ4n) is 4.46. The highest BCUT2D eigenvalue weighted by Gasteiger charge is 2.34. The summed E-state index contributed by atoms with van der Waals surface area (Å²) in [6, 6.07) is 27.4. The molecule has 5 nitrogen and oxygen atoms in total. The van der Waals surface area contributed by atoms with Crippen molar-refractivity contribution in [3.8, 4) is 5.75 Å². The second-order valence-electron chi connectivity index (χ2n) is 8.51. The molecule has 0 radical (unpaired) electrons. The molecule has 1 N–H and O–H groups in total. The van der Waals surface area contributed by atoms with Gasteiger partial charge in [0, 0.05) is 31.1 Å². The normalized spacial score (nSPS) is 17.9. The van der Waals surface area contributed by atoms with Crippen LogP contribution in [-0.4, -0.2) is 43.5 Å². The Morgan fingerprint density at radius 1 is 0.909 bits per heavy atom. The molecule has 2 amide bonds. The van der Waals surface area contributed by atoms with Gasteiger partial charge in [-0.2, -0.15) is 0 Å². The van der Waals surface area contributed by atoms with Gasteiger partial charge in [0.2, 0.25) is 5.91 Å². The number of methoxy groups -OCH3 is 1. The maximum absolute atomic E-state index is 13.3. The molecule has 0 bridgehead atoms. The van der Waals surface area contributed by atoms with E-state index in [4.69, 9.17) is 4.74 Å². The van der Waals surface area contributed by atoms with Crippen LogP contribution in [0.5, 0.6) is 5.75 Å². The quantitative estimate of drug-likeness (QED) is 0.594. The van der Waals surface area contributed by atoms with Gasteiger partial charge in [-0.05, 0) is 48.2 Å². The van der Waals surface area contributed by atoms with E-state index in [1.54, 1.807) is 31.4 Å². The van der Waals surface area contributed by atoms with Gasteiger partial charge in [0.05, 0.1) is 13.0 Å². The van der Waals surface area contributed by atoms with Gasteiger partial charge in [-0.25, -0.2) is 0 Å². The van der Waals surface area contributed by atoms with Crippen LogP contribution in [0.4, 0.5) is 0 Å². The van der Waals surface area contributed by atoms with Crippen LogP contribution >= 0.6 is 0 Å². The Labute approximate surface area is 195 Å². The number of nitrogens with zero attached hydrogens (tertiary/aromatic N) is 1. The third kappa shape index (κ3) is 5.80. The van der Waals surface area contributed by atoms with Gasteiger partial charge in [-0.1, -0.05) is 60.7 Å². The largest absolute Gasteiger partial charge is 0.497 e. The molecule has 1 saturated heterocycles. The molecule has 3 aromatic carbocycles. The minimum Gasteiger partial charge on any atom is -0.497 e. The lowest BCUT2D eigenvalue weighted by atomic mass is 9.83. The Bertz CT molecular complexity index is 1050.